The van der Waals surface area contributed by atoms with Crippen molar-refractivity contribution in [1.82, 2.24) is 29.7 Å². The molecule has 3 fully saturated rings. The van der Waals surface area contributed by atoms with Crippen molar-refractivity contribution in [2.75, 3.05) is 62.7 Å². The Hall–Kier alpha value is -4.45. The Bertz CT molecular complexity index is 1570. The van der Waals surface area contributed by atoms with Crippen molar-refractivity contribution in [2.45, 2.75) is 44.7 Å². The molecule has 0 aliphatic carbocycles. The molecule has 45 heavy (non-hydrogen) atoms. The summed E-state index contributed by atoms with van der Waals surface area (Å²) in [5, 5.41) is 22.5. The first kappa shape index (κ1) is 30.6. The molecule has 3 saturated heterocycles. The Kier molecular flexibility index (Phi) is 9.02. The van der Waals surface area contributed by atoms with Gasteiger partial charge in [-0.25, -0.2) is 19.3 Å². The maximum Gasteiger partial charge on any atom is 0.251 e. The van der Waals surface area contributed by atoms with Gasteiger partial charge in [0.15, 0.2) is 12.0 Å². The Balaban J connectivity index is 1.09. The van der Waals surface area contributed by atoms with Crippen molar-refractivity contribution in [2.24, 2.45) is 0 Å². The molecule has 3 aliphatic heterocycles. The van der Waals surface area contributed by atoms with Crippen LogP contribution in [-0.2, 0) is 9.53 Å². The molecule has 3 aromatic rings. The van der Waals surface area contributed by atoms with E-state index in [0.717, 1.165) is 56.5 Å². The number of anilines is 3. The van der Waals surface area contributed by atoms with Gasteiger partial charge in [-0.3, -0.25) is 9.69 Å². The summed E-state index contributed by atoms with van der Waals surface area (Å²) in [6, 6.07) is 9.55. The molecule has 3 atom stereocenters. The van der Waals surface area contributed by atoms with Crippen molar-refractivity contribution >= 4 is 23.4 Å². The number of pyridine rings is 1. The van der Waals surface area contributed by atoms with Crippen LogP contribution in [-0.4, -0.2) is 118 Å². The largest absolute Gasteiger partial charge is 0.486 e. The van der Waals surface area contributed by atoms with E-state index in [1.54, 1.807) is 24.4 Å². The molecule has 1 aromatic carbocycles. The summed E-state index contributed by atoms with van der Waals surface area (Å²) in [4.78, 5) is 35.9. The van der Waals surface area contributed by atoms with E-state index >= 15 is 0 Å². The van der Waals surface area contributed by atoms with E-state index in [4.69, 9.17) is 14.5 Å². The number of aliphatic hydroxyl groups excluding tert-OH is 1. The number of ether oxygens (including phenoxy) is 2. The summed E-state index contributed by atoms with van der Waals surface area (Å²) in [7, 11) is 0. The van der Waals surface area contributed by atoms with E-state index in [-0.39, 0.29) is 30.8 Å². The Morgan fingerprint density at radius 1 is 1.18 bits per heavy atom. The SMILES string of the molecule is Cc1cc(Nc2ncnc(-c3ccc(O[C@H]4CCN(C(=O)[C@H](C)O)C[C@H]4F)c(C#N)c3)n2)cnc1N1CCN(C2COC2)CC1. The zero-order chi connectivity index (χ0) is 31.5. The highest BCUT2D eigenvalue weighted by molar-refractivity contribution is 5.80. The molecule has 0 radical (unpaired) electrons. The fourth-order valence-electron chi connectivity index (χ4n) is 5.83. The number of alkyl halides is 1. The van der Waals surface area contributed by atoms with Crippen LogP contribution in [0.15, 0.2) is 36.8 Å². The Morgan fingerprint density at radius 2 is 1.98 bits per heavy atom. The number of aliphatic hydroxyl groups is 1. The Labute approximate surface area is 260 Å². The number of benzene rings is 1. The lowest BCUT2D eigenvalue weighted by Gasteiger charge is -2.43. The molecule has 2 aromatic heterocycles. The molecule has 0 unspecified atom stereocenters. The lowest BCUT2D eigenvalue weighted by atomic mass is 10.0. The van der Waals surface area contributed by atoms with Crippen LogP contribution in [0.2, 0.25) is 0 Å². The molecule has 6 rings (SSSR count). The van der Waals surface area contributed by atoms with Crippen molar-refractivity contribution in [1.29, 1.82) is 5.26 Å². The first-order valence-electron chi connectivity index (χ1n) is 15.1. The van der Waals surface area contributed by atoms with E-state index in [2.05, 4.69) is 36.1 Å². The third-order valence-electron chi connectivity index (χ3n) is 8.42. The standard InChI is InChI=1S/C31H36FN9O4/c1-19-11-23(14-34-29(19)40-9-7-39(8-10-40)24-16-44-17-24)37-31-36-18-35-28(38-31)21-3-4-26(22(12-21)13-33)45-27-5-6-41(15-25(27)32)30(43)20(2)42/h3-4,11-12,14,18,20,24-25,27,42H,5-10,15-17H2,1-2H3,(H,35,36,37,38)/t20-,25+,27-/m0/s1. The first-order chi connectivity index (χ1) is 21.8. The number of hydrogen-bond donors (Lipinski definition) is 2. The van der Waals surface area contributed by atoms with Gasteiger partial charge in [-0.15, -0.1) is 0 Å². The van der Waals surface area contributed by atoms with Gasteiger partial charge in [0.2, 0.25) is 5.95 Å². The van der Waals surface area contributed by atoms with Crippen LogP contribution in [0.25, 0.3) is 11.4 Å². The smallest absolute Gasteiger partial charge is 0.251 e. The second-order valence-electron chi connectivity index (χ2n) is 11.6. The van der Waals surface area contributed by atoms with Crippen molar-refractivity contribution < 1.29 is 23.8 Å². The second-order valence-corrected chi connectivity index (χ2v) is 11.6. The van der Waals surface area contributed by atoms with Gasteiger partial charge < -0.3 is 29.7 Å². The molecule has 13 nitrogen and oxygen atoms in total. The van der Waals surface area contributed by atoms with Crippen LogP contribution < -0.4 is 15.0 Å². The molecule has 2 N–H and O–H groups in total. The first-order valence-corrected chi connectivity index (χ1v) is 15.1. The number of likely N-dealkylation sites (tertiary alicyclic amines) is 1. The number of piperazine rings is 1. The van der Waals surface area contributed by atoms with E-state index in [9.17, 15) is 19.6 Å². The van der Waals surface area contributed by atoms with Crippen LogP contribution in [0.1, 0.15) is 24.5 Å². The Morgan fingerprint density at radius 3 is 2.64 bits per heavy atom. The van der Waals surface area contributed by atoms with Crippen LogP contribution in [0, 0.1) is 18.3 Å². The monoisotopic (exact) mass is 617 g/mol. The van der Waals surface area contributed by atoms with Gasteiger partial charge >= 0.3 is 0 Å². The third-order valence-corrected chi connectivity index (χ3v) is 8.42. The van der Waals surface area contributed by atoms with Gasteiger partial charge in [-0.1, -0.05) is 0 Å². The highest BCUT2D eigenvalue weighted by Gasteiger charge is 2.34. The average Bonchev–Trinajstić information content (AvgIpc) is 3.01. The normalized spacial score (nSPS) is 21.5. The predicted octanol–water partition coefficient (Wildman–Crippen LogP) is 2.08. The maximum absolute atomic E-state index is 14.9. The maximum atomic E-state index is 14.9. The van der Waals surface area contributed by atoms with Crippen LogP contribution in [0.4, 0.5) is 21.8 Å². The van der Waals surface area contributed by atoms with Gasteiger partial charge in [0.25, 0.3) is 5.91 Å². The predicted molar refractivity (Wildman–Crippen MR) is 163 cm³/mol. The van der Waals surface area contributed by atoms with Crippen molar-refractivity contribution in [3.8, 4) is 23.2 Å². The van der Waals surface area contributed by atoms with E-state index in [1.807, 2.05) is 13.0 Å². The molecule has 5 heterocycles. The van der Waals surface area contributed by atoms with Gasteiger partial charge in [0, 0.05) is 44.7 Å². The number of halogens is 1. The number of rotatable bonds is 8. The zero-order valence-corrected chi connectivity index (χ0v) is 25.3. The fraction of sp³-hybridized carbons (Fsp3) is 0.484. The van der Waals surface area contributed by atoms with Gasteiger partial charge in [-0.2, -0.15) is 10.2 Å². The number of carbonyl (C=O) groups is 1. The van der Waals surface area contributed by atoms with Crippen molar-refractivity contribution in [3.63, 3.8) is 0 Å². The van der Waals surface area contributed by atoms with Gasteiger partial charge in [0.1, 0.15) is 36.2 Å². The lowest BCUT2D eigenvalue weighted by molar-refractivity contribution is -0.143. The number of hydrogen-bond acceptors (Lipinski definition) is 12. The summed E-state index contributed by atoms with van der Waals surface area (Å²) in [5.41, 5.74) is 2.55. The number of nitrogens with zero attached hydrogens (tertiary/aromatic N) is 8. The summed E-state index contributed by atoms with van der Waals surface area (Å²) in [6.07, 6.45) is -0.0979. The molecule has 14 heteroatoms. The minimum absolute atomic E-state index is 0.180. The van der Waals surface area contributed by atoms with Crippen LogP contribution >= 0.6 is 0 Å². The molecular weight excluding hydrogens is 581 g/mol. The summed E-state index contributed by atoms with van der Waals surface area (Å²) >= 11 is 0. The van der Waals surface area contributed by atoms with Crippen LogP contribution in [0.5, 0.6) is 5.75 Å². The minimum atomic E-state index is -1.46. The summed E-state index contributed by atoms with van der Waals surface area (Å²) in [6.45, 7) is 8.94. The van der Waals surface area contributed by atoms with Gasteiger partial charge in [-0.05, 0) is 43.7 Å². The van der Waals surface area contributed by atoms with Gasteiger partial charge in [0.05, 0.1) is 43.2 Å². The number of nitrogens with one attached hydrogen (secondary N) is 1. The summed E-state index contributed by atoms with van der Waals surface area (Å²) in [5.74, 6) is 1.35. The zero-order valence-electron chi connectivity index (χ0n) is 25.3. The van der Waals surface area contributed by atoms with E-state index in [1.165, 1.54) is 18.2 Å². The van der Waals surface area contributed by atoms with E-state index in [0.29, 0.717) is 23.4 Å². The number of aromatic nitrogens is 4. The average molecular weight is 618 g/mol. The number of carbonyl (C=O) groups excluding carboxylic acids is 1. The fourth-order valence-corrected chi connectivity index (χ4v) is 5.83. The number of aryl methyl sites for hydroxylation is 1. The topological polar surface area (TPSA) is 153 Å². The molecule has 3 aliphatic rings. The molecule has 1 amide bonds. The molecular formula is C31H36FN9O4. The minimum Gasteiger partial charge on any atom is -0.486 e. The highest BCUT2D eigenvalue weighted by atomic mass is 19.1. The molecule has 0 saturated carbocycles. The van der Waals surface area contributed by atoms with Crippen LogP contribution in [0.3, 0.4) is 0 Å². The van der Waals surface area contributed by atoms with E-state index < -0.39 is 24.3 Å². The third kappa shape index (κ3) is 6.80. The molecule has 0 spiro atoms. The van der Waals surface area contributed by atoms with Crippen molar-refractivity contribution in [3.05, 3.63) is 47.9 Å². The molecule has 0 bridgehead atoms. The molecule has 236 valence electrons. The highest BCUT2D eigenvalue weighted by Crippen LogP contribution is 2.29. The number of piperidine rings is 1. The summed E-state index contributed by atoms with van der Waals surface area (Å²) < 4.78 is 26.1. The lowest BCUT2D eigenvalue weighted by Crippen LogP contribution is -2.56. The quantitative estimate of drug-likeness (QED) is 0.381. The number of nitriles is 1. The second kappa shape index (κ2) is 13.3. The number of amides is 1.